The Labute approximate surface area is 144 Å². The van der Waals surface area contributed by atoms with E-state index in [1.165, 1.54) is 0 Å². The molecule has 0 radical (unpaired) electrons. The van der Waals surface area contributed by atoms with Crippen LogP contribution in [0, 0.1) is 0 Å². The number of aromatic amines is 1. The molecule has 0 saturated heterocycles. The Bertz CT molecular complexity index is 840. The minimum atomic E-state index is -0.859. The summed E-state index contributed by atoms with van der Waals surface area (Å²) in [6, 6.07) is 7.10. The number of amides is 1. The zero-order chi connectivity index (χ0) is 17.8. The number of hydrogen-bond donors (Lipinski definition) is 2. The second kappa shape index (κ2) is 7.46. The summed E-state index contributed by atoms with van der Waals surface area (Å²) >= 11 is 0. The molecule has 1 aromatic carbocycles. The van der Waals surface area contributed by atoms with E-state index in [4.69, 9.17) is 4.74 Å². The van der Waals surface area contributed by atoms with Crippen molar-refractivity contribution in [1.29, 1.82) is 0 Å². The van der Waals surface area contributed by atoms with Gasteiger partial charge in [0.1, 0.15) is 0 Å². The second-order valence-corrected chi connectivity index (χ2v) is 6.34. The molecule has 1 aliphatic rings. The fourth-order valence-electron chi connectivity index (χ4n) is 3.12. The average molecular weight is 343 g/mol. The fraction of sp³-hybridized carbons (Fsp3) is 0.444. The maximum absolute atomic E-state index is 12.2. The standard InChI is InChI=1S/C18H21N3O4/c1-11(17(23)19-12-6-2-3-7-12)25-16(22)10-15-13-8-4-5-9-14(13)18(24)21-20-15/h4-5,8-9,11-12H,2-3,6-7,10H2,1H3,(H,19,23)(H,21,24)/t11-/m1/s1. The first-order chi connectivity index (χ1) is 12.0. The number of nitrogens with zero attached hydrogens (tertiary/aromatic N) is 1. The molecule has 1 saturated carbocycles. The van der Waals surface area contributed by atoms with Gasteiger partial charge in [0.15, 0.2) is 6.10 Å². The first-order valence-corrected chi connectivity index (χ1v) is 8.51. The van der Waals surface area contributed by atoms with Crippen LogP contribution >= 0.6 is 0 Å². The number of benzene rings is 1. The molecule has 0 bridgehead atoms. The molecule has 132 valence electrons. The Balaban J connectivity index is 1.63. The van der Waals surface area contributed by atoms with Gasteiger partial charge in [0.2, 0.25) is 0 Å². The minimum absolute atomic E-state index is 0.113. The lowest BCUT2D eigenvalue weighted by Crippen LogP contribution is -2.41. The van der Waals surface area contributed by atoms with Crippen LogP contribution in [0.4, 0.5) is 0 Å². The van der Waals surface area contributed by atoms with E-state index in [0.717, 1.165) is 25.7 Å². The van der Waals surface area contributed by atoms with Crippen molar-refractivity contribution in [1.82, 2.24) is 15.5 Å². The molecule has 1 atom stereocenters. The molecule has 0 aliphatic heterocycles. The van der Waals surface area contributed by atoms with Crippen LogP contribution in [0.5, 0.6) is 0 Å². The molecule has 2 aromatic rings. The van der Waals surface area contributed by atoms with Gasteiger partial charge in [-0.1, -0.05) is 31.0 Å². The third kappa shape index (κ3) is 4.04. The molecule has 0 spiro atoms. The van der Waals surface area contributed by atoms with E-state index in [1.807, 2.05) is 0 Å². The van der Waals surface area contributed by atoms with Crippen LogP contribution in [0.15, 0.2) is 29.1 Å². The Morgan fingerprint density at radius 1 is 1.28 bits per heavy atom. The van der Waals surface area contributed by atoms with Crippen molar-refractivity contribution in [3.63, 3.8) is 0 Å². The number of H-pyrrole nitrogens is 1. The molecule has 1 fully saturated rings. The Morgan fingerprint density at radius 2 is 1.96 bits per heavy atom. The topological polar surface area (TPSA) is 101 Å². The van der Waals surface area contributed by atoms with Gasteiger partial charge in [0.05, 0.1) is 17.5 Å². The number of carbonyl (C=O) groups is 2. The first-order valence-electron chi connectivity index (χ1n) is 8.51. The quantitative estimate of drug-likeness (QED) is 0.800. The predicted molar refractivity (Wildman–Crippen MR) is 92.0 cm³/mol. The zero-order valence-electron chi connectivity index (χ0n) is 14.1. The van der Waals surface area contributed by atoms with Gasteiger partial charge >= 0.3 is 5.97 Å². The monoisotopic (exact) mass is 343 g/mol. The molecule has 3 rings (SSSR count). The van der Waals surface area contributed by atoms with Crippen LogP contribution in [0.1, 0.15) is 38.3 Å². The van der Waals surface area contributed by atoms with E-state index in [-0.39, 0.29) is 23.9 Å². The number of hydrogen-bond acceptors (Lipinski definition) is 5. The molecular weight excluding hydrogens is 322 g/mol. The Kier molecular flexibility index (Phi) is 5.11. The van der Waals surface area contributed by atoms with Crippen molar-refractivity contribution in [3.8, 4) is 0 Å². The lowest BCUT2D eigenvalue weighted by Gasteiger charge is -2.17. The number of esters is 1. The number of nitrogens with one attached hydrogen (secondary N) is 2. The maximum Gasteiger partial charge on any atom is 0.312 e. The highest BCUT2D eigenvalue weighted by Gasteiger charge is 2.23. The highest BCUT2D eigenvalue weighted by Crippen LogP contribution is 2.18. The van der Waals surface area contributed by atoms with Crippen molar-refractivity contribution in [2.75, 3.05) is 0 Å². The first kappa shape index (κ1) is 17.1. The SMILES string of the molecule is C[C@@H](OC(=O)Cc1n[nH]c(=O)c2ccccc12)C(=O)NC1CCCC1. The van der Waals surface area contributed by atoms with Crippen molar-refractivity contribution >= 4 is 22.6 Å². The van der Waals surface area contributed by atoms with Gasteiger partial charge in [-0.3, -0.25) is 14.4 Å². The average Bonchev–Trinajstić information content (AvgIpc) is 3.10. The van der Waals surface area contributed by atoms with Crippen LogP contribution in [0.25, 0.3) is 10.8 Å². The number of rotatable bonds is 5. The van der Waals surface area contributed by atoms with Crippen LogP contribution < -0.4 is 10.9 Å². The van der Waals surface area contributed by atoms with E-state index in [2.05, 4.69) is 15.5 Å². The number of carbonyl (C=O) groups excluding carboxylic acids is 2. The molecular formula is C18H21N3O4. The number of aromatic nitrogens is 2. The van der Waals surface area contributed by atoms with Gasteiger partial charge in [-0.15, -0.1) is 0 Å². The summed E-state index contributed by atoms with van der Waals surface area (Å²) in [5.74, 6) is -0.835. The number of ether oxygens (including phenoxy) is 1. The third-order valence-electron chi connectivity index (χ3n) is 4.47. The van der Waals surface area contributed by atoms with Gasteiger partial charge in [-0.05, 0) is 25.8 Å². The summed E-state index contributed by atoms with van der Waals surface area (Å²) in [6.45, 7) is 1.56. The summed E-state index contributed by atoms with van der Waals surface area (Å²) in [7, 11) is 0. The van der Waals surface area contributed by atoms with Crippen molar-refractivity contribution in [3.05, 3.63) is 40.3 Å². The van der Waals surface area contributed by atoms with Crippen molar-refractivity contribution in [2.45, 2.75) is 51.2 Å². The Hall–Kier alpha value is -2.70. The van der Waals surface area contributed by atoms with E-state index in [0.29, 0.717) is 16.5 Å². The van der Waals surface area contributed by atoms with Gasteiger partial charge < -0.3 is 10.1 Å². The highest BCUT2D eigenvalue weighted by molar-refractivity contribution is 5.88. The van der Waals surface area contributed by atoms with Crippen molar-refractivity contribution < 1.29 is 14.3 Å². The second-order valence-electron chi connectivity index (χ2n) is 6.34. The van der Waals surface area contributed by atoms with Gasteiger partial charge in [-0.2, -0.15) is 5.10 Å². The summed E-state index contributed by atoms with van der Waals surface area (Å²) in [4.78, 5) is 36.0. The third-order valence-corrected chi connectivity index (χ3v) is 4.47. The summed E-state index contributed by atoms with van der Waals surface area (Å²) in [6.07, 6.45) is 3.20. The van der Waals surface area contributed by atoms with E-state index >= 15 is 0 Å². The lowest BCUT2D eigenvalue weighted by molar-refractivity contribution is -0.154. The van der Waals surface area contributed by atoms with Gasteiger partial charge in [-0.25, -0.2) is 5.10 Å². The van der Waals surface area contributed by atoms with E-state index < -0.39 is 12.1 Å². The molecule has 7 nitrogen and oxygen atoms in total. The fourth-order valence-corrected chi connectivity index (χ4v) is 3.12. The van der Waals surface area contributed by atoms with Crippen molar-refractivity contribution in [2.24, 2.45) is 0 Å². The van der Waals surface area contributed by atoms with Crippen LogP contribution in [0.3, 0.4) is 0 Å². The molecule has 25 heavy (non-hydrogen) atoms. The van der Waals surface area contributed by atoms with Gasteiger partial charge in [0.25, 0.3) is 11.5 Å². The normalized spacial score (nSPS) is 15.9. The zero-order valence-corrected chi connectivity index (χ0v) is 14.1. The summed E-state index contributed by atoms with van der Waals surface area (Å²) in [5, 5.41) is 10.3. The molecule has 7 heteroatoms. The smallest absolute Gasteiger partial charge is 0.312 e. The van der Waals surface area contributed by atoms with Crippen LogP contribution in [0.2, 0.25) is 0 Å². The van der Waals surface area contributed by atoms with Crippen LogP contribution in [-0.2, 0) is 20.7 Å². The highest BCUT2D eigenvalue weighted by atomic mass is 16.5. The lowest BCUT2D eigenvalue weighted by atomic mass is 10.1. The Morgan fingerprint density at radius 3 is 2.68 bits per heavy atom. The summed E-state index contributed by atoms with van der Waals surface area (Å²) < 4.78 is 5.22. The van der Waals surface area contributed by atoms with E-state index in [9.17, 15) is 14.4 Å². The predicted octanol–water partition coefficient (Wildman–Crippen LogP) is 1.46. The molecule has 1 aliphatic carbocycles. The largest absolute Gasteiger partial charge is 0.452 e. The van der Waals surface area contributed by atoms with Gasteiger partial charge in [0, 0.05) is 11.4 Å². The van der Waals surface area contributed by atoms with E-state index in [1.54, 1.807) is 31.2 Å². The minimum Gasteiger partial charge on any atom is -0.452 e. The molecule has 1 aromatic heterocycles. The summed E-state index contributed by atoms with van der Waals surface area (Å²) in [5.41, 5.74) is 0.112. The maximum atomic E-state index is 12.2. The molecule has 2 N–H and O–H groups in total. The molecule has 0 unspecified atom stereocenters. The van der Waals surface area contributed by atoms with Crippen LogP contribution in [-0.4, -0.2) is 34.2 Å². The number of fused-ring (bicyclic) bond motifs is 1. The molecule has 1 heterocycles. The molecule has 1 amide bonds.